The van der Waals surface area contributed by atoms with Crippen LogP contribution in [0.25, 0.3) is 0 Å². The standard InChI is InChI=1S/C17H17NO2/c1-20-15-5-3-12-2-4-13-10-14(19)6-7-17(13,8-9-18)16(12)11-15/h3,5,10-11H,2,4,6-8H2,1H3. The summed E-state index contributed by atoms with van der Waals surface area (Å²) >= 11 is 0. The Bertz CT molecular complexity index is 639. The molecule has 0 bridgehead atoms. The average molecular weight is 267 g/mol. The number of rotatable bonds is 2. The van der Waals surface area contributed by atoms with E-state index in [1.165, 1.54) is 11.1 Å². The van der Waals surface area contributed by atoms with Crippen LogP contribution in [0.5, 0.6) is 5.75 Å². The molecule has 3 heteroatoms. The third-order valence-corrected chi connectivity index (χ3v) is 4.63. The van der Waals surface area contributed by atoms with Gasteiger partial charge in [-0.15, -0.1) is 0 Å². The summed E-state index contributed by atoms with van der Waals surface area (Å²) < 4.78 is 5.33. The highest BCUT2D eigenvalue weighted by Crippen LogP contribution is 2.49. The minimum atomic E-state index is -0.273. The second-order valence-corrected chi connectivity index (χ2v) is 5.58. The lowest BCUT2D eigenvalue weighted by Crippen LogP contribution is -2.36. The quantitative estimate of drug-likeness (QED) is 0.827. The fourth-order valence-electron chi connectivity index (χ4n) is 3.57. The fourth-order valence-corrected chi connectivity index (χ4v) is 3.57. The van der Waals surface area contributed by atoms with Gasteiger partial charge >= 0.3 is 0 Å². The van der Waals surface area contributed by atoms with E-state index in [-0.39, 0.29) is 11.2 Å². The van der Waals surface area contributed by atoms with E-state index in [4.69, 9.17) is 4.74 Å². The number of nitriles is 1. The maximum atomic E-state index is 11.7. The van der Waals surface area contributed by atoms with Crippen molar-refractivity contribution in [1.29, 1.82) is 5.26 Å². The smallest absolute Gasteiger partial charge is 0.155 e. The number of hydrogen-bond acceptors (Lipinski definition) is 3. The van der Waals surface area contributed by atoms with Crippen molar-refractivity contribution < 1.29 is 9.53 Å². The van der Waals surface area contributed by atoms with E-state index in [2.05, 4.69) is 18.2 Å². The van der Waals surface area contributed by atoms with Crippen molar-refractivity contribution in [2.24, 2.45) is 0 Å². The van der Waals surface area contributed by atoms with Gasteiger partial charge in [0, 0.05) is 18.3 Å². The summed E-state index contributed by atoms with van der Waals surface area (Å²) in [6.45, 7) is 0. The van der Waals surface area contributed by atoms with E-state index < -0.39 is 0 Å². The second kappa shape index (κ2) is 4.79. The van der Waals surface area contributed by atoms with Gasteiger partial charge in [0.25, 0.3) is 0 Å². The molecule has 0 fully saturated rings. The molecule has 0 heterocycles. The molecule has 0 N–H and O–H groups in total. The Morgan fingerprint density at radius 1 is 1.35 bits per heavy atom. The molecule has 2 aliphatic rings. The lowest BCUT2D eigenvalue weighted by Gasteiger charge is -2.42. The summed E-state index contributed by atoms with van der Waals surface area (Å²) in [5.74, 6) is 1.01. The van der Waals surface area contributed by atoms with Crippen molar-refractivity contribution in [3.63, 3.8) is 0 Å². The molecule has 1 atom stereocenters. The summed E-state index contributed by atoms with van der Waals surface area (Å²) in [7, 11) is 1.66. The van der Waals surface area contributed by atoms with Gasteiger partial charge in [0.1, 0.15) is 5.75 Å². The first kappa shape index (κ1) is 12.9. The Morgan fingerprint density at radius 3 is 2.95 bits per heavy atom. The molecule has 1 unspecified atom stereocenters. The van der Waals surface area contributed by atoms with Crippen LogP contribution in [0.1, 0.15) is 36.8 Å². The molecular weight excluding hydrogens is 250 g/mol. The first-order valence-corrected chi connectivity index (χ1v) is 6.98. The van der Waals surface area contributed by atoms with Gasteiger partial charge in [-0.05, 0) is 48.6 Å². The van der Waals surface area contributed by atoms with Crippen LogP contribution in [-0.2, 0) is 16.6 Å². The molecule has 0 amide bonds. The highest BCUT2D eigenvalue weighted by molar-refractivity contribution is 5.92. The molecule has 0 spiro atoms. The van der Waals surface area contributed by atoms with Gasteiger partial charge in [0.05, 0.1) is 13.2 Å². The molecule has 102 valence electrons. The fraction of sp³-hybridized carbons (Fsp3) is 0.412. The minimum absolute atomic E-state index is 0.194. The van der Waals surface area contributed by atoms with E-state index in [0.717, 1.165) is 30.6 Å². The molecule has 0 saturated heterocycles. The van der Waals surface area contributed by atoms with E-state index in [1.54, 1.807) is 13.2 Å². The van der Waals surface area contributed by atoms with Crippen LogP contribution < -0.4 is 4.74 Å². The van der Waals surface area contributed by atoms with Crippen molar-refractivity contribution in [3.8, 4) is 11.8 Å². The predicted octanol–water partition coefficient (Wildman–Crippen LogP) is 3.08. The summed E-state index contributed by atoms with van der Waals surface area (Å²) in [6.07, 6.45) is 5.31. The summed E-state index contributed by atoms with van der Waals surface area (Å²) in [4.78, 5) is 11.7. The number of hydrogen-bond donors (Lipinski definition) is 0. The van der Waals surface area contributed by atoms with Crippen LogP contribution in [0.4, 0.5) is 0 Å². The van der Waals surface area contributed by atoms with Gasteiger partial charge in [-0.2, -0.15) is 5.26 Å². The molecule has 0 radical (unpaired) electrons. The van der Waals surface area contributed by atoms with Gasteiger partial charge in [-0.25, -0.2) is 0 Å². The summed E-state index contributed by atoms with van der Waals surface area (Å²) in [5, 5.41) is 9.28. The van der Waals surface area contributed by atoms with Crippen LogP contribution in [-0.4, -0.2) is 12.9 Å². The largest absolute Gasteiger partial charge is 0.497 e. The number of carbonyl (C=O) groups is 1. The third kappa shape index (κ3) is 1.84. The molecule has 3 rings (SSSR count). The van der Waals surface area contributed by atoms with Crippen molar-refractivity contribution in [2.45, 2.75) is 37.5 Å². The van der Waals surface area contributed by atoms with E-state index in [0.29, 0.717) is 12.8 Å². The zero-order valence-electron chi connectivity index (χ0n) is 11.6. The average Bonchev–Trinajstić information content (AvgIpc) is 2.47. The van der Waals surface area contributed by atoms with Gasteiger partial charge in [0.2, 0.25) is 0 Å². The monoisotopic (exact) mass is 267 g/mol. The molecule has 1 aromatic carbocycles. The highest BCUT2D eigenvalue weighted by atomic mass is 16.5. The van der Waals surface area contributed by atoms with Crippen molar-refractivity contribution in [2.75, 3.05) is 7.11 Å². The first-order valence-electron chi connectivity index (χ1n) is 6.98. The third-order valence-electron chi connectivity index (χ3n) is 4.63. The Labute approximate surface area is 118 Å². The molecule has 0 aromatic heterocycles. The number of ketones is 1. The number of methoxy groups -OCH3 is 1. The lowest BCUT2D eigenvalue weighted by molar-refractivity contribution is -0.115. The van der Waals surface area contributed by atoms with Crippen molar-refractivity contribution in [1.82, 2.24) is 0 Å². The van der Waals surface area contributed by atoms with E-state index in [1.807, 2.05) is 6.07 Å². The van der Waals surface area contributed by atoms with Crippen LogP contribution >= 0.6 is 0 Å². The zero-order valence-corrected chi connectivity index (χ0v) is 11.6. The molecule has 0 aliphatic heterocycles. The van der Waals surface area contributed by atoms with Gasteiger partial charge < -0.3 is 4.74 Å². The molecule has 1 aromatic rings. The Kier molecular flexibility index (Phi) is 3.10. The number of carbonyl (C=O) groups excluding carboxylic acids is 1. The number of nitrogens with zero attached hydrogens (tertiary/aromatic N) is 1. The number of benzene rings is 1. The van der Waals surface area contributed by atoms with Crippen LogP contribution in [0.3, 0.4) is 0 Å². The highest BCUT2D eigenvalue weighted by Gasteiger charge is 2.42. The summed E-state index contributed by atoms with van der Waals surface area (Å²) in [6, 6.07) is 8.45. The maximum absolute atomic E-state index is 11.7. The Morgan fingerprint density at radius 2 is 2.20 bits per heavy atom. The minimum Gasteiger partial charge on any atom is -0.497 e. The normalized spacial score (nSPS) is 24.2. The van der Waals surface area contributed by atoms with Crippen LogP contribution in [0.2, 0.25) is 0 Å². The zero-order chi connectivity index (χ0) is 14.2. The molecular formula is C17H17NO2. The number of ether oxygens (including phenoxy) is 1. The SMILES string of the molecule is COc1ccc2c(c1)C1(CC#N)CCC(=O)C=C1CC2. The molecule has 2 aliphatic carbocycles. The van der Waals surface area contributed by atoms with Gasteiger partial charge in [-0.3, -0.25) is 4.79 Å². The molecule has 3 nitrogen and oxygen atoms in total. The number of allylic oxidation sites excluding steroid dienone is 2. The van der Waals surface area contributed by atoms with E-state index in [9.17, 15) is 10.1 Å². The maximum Gasteiger partial charge on any atom is 0.155 e. The van der Waals surface area contributed by atoms with Crippen LogP contribution in [0.15, 0.2) is 29.8 Å². The Hall–Kier alpha value is -2.08. The summed E-state index contributed by atoms with van der Waals surface area (Å²) in [5.41, 5.74) is 3.33. The lowest BCUT2D eigenvalue weighted by atomic mass is 9.60. The van der Waals surface area contributed by atoms with Crippen molar-refractivity contribution >= 4 is 5.78 Å². The second-order valence-electron chi connectivity index (χ2n) is 5.58. The topological polar surface area (TPSA) is 50.1 Å². The van der Waals surface area contributed by atoms with Gasteiger partial charge in [0.15, 0.2) is 5.78 Å². The van der Waals surface area contributed by atoms with Crippen molar-refractivity contribution in [3.05, 3.63) is 41.0 Å². The molecule has 20 heavy (non-hydrogen) atoms. The first-order chi connectivity index (χ1) is 9.69. The number of fused-ring (bicyclic) bond motifs is 3. The predicted molar refractivity (Wildman–Crippen MR) is 75.5 cm³/mol. The Balaban J connectivity index is 2.20. The van der Waals surface area contributed by atoms with Crippen LogP contribution in [0, 0.1) is 11.3 Å². The van der Waals surface area contributed by atoms with E-state index >= 15 is 0 Å². The molecule has 0 saturated carbocycles. The van der Waals surface area contributed by atoms with Gasteiger partial charge in [-0.1, -0.05) is 11.6 Å². The number of aryl methyl sites for hydroxylation is 1.